The molecule has 9 nitrogen and oxygen atoms in total. The summed E-state index contributed by atoms with van der Waals surface area (Å²) in [6, 6.07) is 17.6. The smallest absolute Gasteiger partial charge is 0.349 e. The number of amides is 1. The first-order valence-electron chi connectivity index (χ1n) is 10.3. The van der Waals surface area contributed by atoms with E-state index in [-0.39, 0.29) is 26.9 Å². The average molecular weight is 532 g/mol. The second kappa shape index (κ2) is 12.1. The van der Waals surface area contributed by atoms with Crippen molar-refractivity contribution in [2.24, 2.45) is 0 Å². The van der Waals surface area contributed by atoms with Gasteiger partial charge in [-0.25, -0.2) is 14.4 Å². The first-order chi connectivity index (χ1) is 17.2. The lowest BCUT2D eigenvalue weighted by Crippen LogP contribution is -2.48. The summed E-state index contributed by atoms with van der Waals surface area (Å²) in [7, 11) is 1.46. The van der Waals surface area contributed by atoms with E-state index in [0.29, 0.717) is 5.75 Å². The van der Waals surface area contributed by atoms with Crippen LogP contribution in [-0.2, 0) is 19.1 Å². The minimum atomic E-state index is -2.22. The molecule has 0 aliphatic heterocycles. The lowest BCUT2D eigenvalue weighted by Gasteiger charge is -2.24. The molecular formula is C25H19Cl2NO8. The number of carbonyl (C=O) groups is 4. The van der Waals surface area contributed by atoms with E-state index in [0.717, 1.165) is 0 Å². The normalized spacial score (nSPS) is 12.1. The summed E-state index contributed by atoms with van der Waals surface area (Å²) in [5.74, 6) is -4.54. The number of anilines is 1. The van der Waals surface area contributed by atoms with E-state index in [4.69, 9.17) is 37.4 Å². The summed E-state index contributed by atoms with van der Waals surface area (Å²) >= 11 is 12.0. The van der Waals surface area contributed by atoms with Crippen molar-refractivity contribution in [3.8, 4) is 5.75 Å². The van der Waals surface area contributed by atoms with Gasteiger partial charge in [0.15, 0.2) is 0 Å². The molecule has 0 aromatic heterocycles. The van der Waals surface area contributed by atoms with E-state index in [1.807, 2.05) is 0 Å². The monoisotopic (exact) mass is 531 g/mol. The molecule has 1 amide bonds. The third-order valence-electron chi connectivity index (χ3n) is 4.79. The molecule has 0 bridgehead atoms. The number of aliphatic carboxylic acids is 1. The number of carboxylic acid groups (broad SMARTS) is 1. The highest BCUT2D eigenvalue weighted by molar-refractivity contribution is 6.34. The Kier molecular flexibility index (Phi) is 8.88. The van der Waals surface area contributed by atoms with Gasteiger partial charge in [0.05, 0.1) is 28.3 Å². The largest absolute Gasteiger partial charge is 0.497 e. The number of halogens is 2. The summed E-state index contributed by atoms with van der Waals surface area (Å²) in [6.07, 6.45) is -4.32. The Morgan fingerprint density at radius 3 is 1.67 bits per heavy atom. The molecule has 0 heterocycles. The highest BCUT2D eigenvalue weighted by atomic mass is 35.5. The third-order valence-corrected chi connectivity index (χ3v) is 5.45. The summed E-state index contributed by atoms with van der Waals surface area (Å²) in [4.78, 5) is 50.7. The van der Waals surface area contributed by atoms with Gasteiger partial charge in [0.1, 0.15) is 5.75 Å². The summed E-state index contributed by atoms with van der Waals surface area (Å²) in [5, 5.41) is 12.3. The maximum absolute atomic E-state index is 13.1. The molecule has 3 rings (SSSR count). The fraction of sp³-hybridized carbons (Fsp3) is 0.120. The zero-order chi connectivity index (χ0) is 26.2. The Bertz CT molecular complexity index is 1280. The molecule has 0 spiro atoms. The number of hydrogen-bond donors (Lipinski definition) is 2. The van der Waals surface area contributed by atoms with Crippen molar-refractivity contribution >= 4 is 52.7 Å². The van der Waals surface area contributed by atoms with E-state index >= 15 is 0 Å². The van der Waals surface area contributed by atoms with Gasteiger partial charge in [-0.1, -0.05) is 47.5 Å². The van der Waals surface area contributed by atoms with Crippen LogP contribution in [0.2, 0.25) is 10.0 Å². The molecule has 11 heteroatoms. The third kappa shape index (κ3) is 6.53. The zero-order valence-electron chi connectivity index (χ0n) is 18.6. The predicted molar refractivity (Wildman–Crippen MR) is 131 cm³/mol. The Hall–Kier alpha value is -4.08. The minimum absolute atomic E-state index is 0.000986. The topological polar surface area (TPSA) is 128 Å². The summed E-state index contributed by atoms with van der Waals surface area (Å²) in [6.45, 7) is 0. The quantitative estimate of drug-likeness (QED) is 0.387. The van der Waals surface area contributed by atoms with Crippen molar-refractivity contribution in [2.75, 3.05) is 12.4 Å². The number of esters is 2. The Balaban J connectivity index is 1.93. The second-order valence-corrected chi connectivity index (χ2v) is 7.98. The van der Waals surface area contributed by atoms with E-state index in [1.54, 1.807) is 24.3 Å². The second-order valence-electron chi connectivity index (χ2n) is 7.17. The van der Waals surface area contributed by atoms with Crippen LogP contribution in [0, 0.1) is 0 Å². The van der Waals surface area contributed by atoms with Crippen LogP contribution < -0.4 is 10.1 Å². The first kappa shape index (κ1) is 26.5. The molecule has 0 aliphatic rings. The fourth-order valence-corrected chi connectivity index (χ4v) is 3.42. The molecule has 0 unspecified atom stereocenters. The molecule has 0 fully saturated rings. The fourth-order valence-electron chi connectivity index (χ4n) is 2.99. The number of hydrogen-bond acceptors (Lipinski definition) is 7. The van der Waals surface area contributed by atoms with Crippen LogP contribution in [0.5, 0.6) is 5.75 Å². The minimum Gasteiger partial charge on any atom is -0.497 e. The molecule has 0 saturated carbocycles. The number of carbonyl (C=O) groups excluding carboxylic acids is 3. The number of methoxy groups -OCH3 is 1. The lowest BCUT2D eigenvalue weighted by atomic mass is 10.1. The van der Waals surface area contributed by atoms with Crippen LogP contribution in [0.25, 0.3) is 0 Å². The van der Waals surface area contributed by atoms with E-state index in [9.17, 15) is 24.3 Å². The van der Waals surface area contributed by atoms with Crippen molar-refractivity contribution < 1.29 is 38.5 Å². The van der Waals surface area contributed by atoms with Crippen LogP contribution in [-0.4, -0.2) is 48.2 Å². The van der Waals surface area contributed by atoms with Crippen LogP contribution in [0.4, 0.5) is 5.69 Å². The van der Waals surface area contributed by atoms with Gasteiger partial charge in [0, 0.05) is 5.69 Å². The molecular weight excluding hydrogens is 513 g/mol. The summed E-state index contributed by atoms with van der Waals surface area (Å²) < 4.78 is 15.4. The van der Waals surface area contributed by atoms with Gasteiger partial charge >= 0.3 is 17.9 Å². The van der Waals surface area contributed by atoms with E-state index in [1.165, 1.54) is 55.6 Å². The van der Waals surface area contributed by atoms with E-state index in [2.05, 4.69) is 5.32 Å². The maximum atomic E-state index is 13.1. The van der Waals surface area contributed by atoms with Crippen molar-refractivity contribution in [3.63, 3.8) is 0 Å². The van der Waals surface area contributed by atoms with Crippen molar-refractivity contribution in [2.45, 2.75) is 12.2 Å². The van der Waals surface area contributed by atoms with Gasteiger partial charge in [-0.05, 0) is 48.5 Å². The standard InChI is InChI=1S/C25H19Cl2NO8/c1-34-15-12-10-14(11-13-15)28-22(29)20(35-24(32)16-6-2-4-8-18(16)26)21(23(30)31)36-25(33)17-7-3-5-9-19(17)27/h2-13,20-21H,1H3,(H,28,29)(H,30,31)/t20-,21-/m1/s1. The number of nitrogens with one attached hydrogen (secondary N) is 1. The molecule has 2 atom stereocenters. The van der Waals surface area contributed by atoms with Crippen molar-refractivity contribution in [1.82, 2.24) is 0 Å². The first-order valence-corrected chi connectivity index (χ1v) is 11.1. The summed E-state index contributed by atoms with van der Waals surface area (Å²) in [5.41, 5.74) is -0.0266. The predicted octanol–water partition coefficient (Wildman–Crippen LogP) is 4.48. The molecule has 36 heavy (non-hydrogen) atoms. The molecule has 0 aliphatic carbocycles. The van der Waals surface area contributed by atoms with Gasteiger partial charge in [-0.15, -0.1) is 0 Å². The Labute approximate surface area is 215 Å². The molecule has 0 radical (unpaired) electrons. The van der Waals surface area contributed by atoms with Gasteiger partial charge in [-0.3, -0.25) is 4.79 Å². The SMILES string of the molecule is COc1ccc(NC(=O)[C@H](OC(=O)c2ccccc2Cl)[C@@H](OC(=O)c2ccccc2Cl)C(=O)O)cc1. The number of ether oxygens (including phenoxy) is 3. The van der Waals surface area contributed by atoms with Crippen LogP contribution in [0.15, 0.2) is 72.8 Å². The molecule has 3 aromatic rings. The average Bonchev–Trinajstić information content (AvgIpc) is 2.86. The molecule has 186 valence electrons. The zero-order valence-corrected chi connectivity index (χ0v) is 20.2. The highest BCUT2D eigenvalue weighted by Crippen LogP contribution is 2.22. The van der Waals surface area contributed by atoms with E-state index < -0.39 is 36.0 Å². The van der Waals surface area contributed by atoms with Gasteiger partial charge in [0.25, 0.3) is 5.91 Å². The van der Waals surface area contributed by atoms with Gasteiger partial charge < -0.3 is 24.6 Å². The number of benzene rings is 3. The highest BCUT2D eigenvalue weighted by Gasteiger charge is 2.41. The van der Waals surface area contributed by atoms with Crippen LogP contribution in [0.3, 0.4) is 0 Å². The number of rotatable bonds is 9. The van der Waals surface area contributed by atoms with Gasteiger partial charge in [-0.2, -0.15) is 0 Å². The lowest BCUT2D eigenvalue weighted by molar-refractivity contribution is -0.157. The molecule has 2 N–H and O–H groups in total. The maximum Gasteiger partial charge on any atom is 0.349 e. The molecule has 3 aromatic carbocycles. The van der Waals surface area contributed by atoms with Gasteiger partial charge in [0.2, 0.25) is 12.2 Å². The number of carboxylic acids is 1. The van der Waals surface area contributed by atoms with Crippen molar-refractivity contribution in [1.29, 1.82) is 0 Å². The van der Waals surface area contributed by atoms with Crippen LogP contribution in [0.1, 0.15) is 20.7 Å². The van der Waals surface area contributed by atoms with Crippen molar-refractivity contribution in [3.05, 3.63) is 94.0 Å². The van der Waals surface area contributed by atoms with Crippen LogP contribution >= 0.6 is 23.2 Å². The Morgan fingerprint density at radius 2 is 1.22 bits per heavy atom. The molecule has 0 saturated heterocycles. The Morgan fingerprint density at radius 1 is 0.750 bits per heavy atom.